The summed E-state index contributed by atoms with van der Waals surface area (Å²) in [5.74, 6) is 0.481. The van der Waals surface area contributed by atoms with Gasteiger partial charge >= 0.3 is 0 Å². The highest BCUT2D eigenvalue weighted by Gasteiger charge is 2.06. The molecule has 0 atom stereocenters. The van der Waals surface area contributed by atoms with Crippen LogP contribution in [0.25, 0.3) is 0 Å². The van der Waals surface area contributed by atoms with Gasteiger partial charge in [0.2, 0.25) is 0 Å². The van der Waals surface area contributed by atoms with Gasteiger partial charge in [0.05, 0.1) is 0 Å². The number of ether oxygens (including phenoxy) is 1. The van der Waals surface area contributed by atoms with E-state index in [9.17, 15) is 4.39 Å². The molecule has 0 saturated carbocycles. The number of nitrogens with one attached hydrogen (secondary N) is 1. The molecule has 3 aromatic carbocycles. The van der Waals surface area contributed by atoms with Crippen LogP contribution >= 0.6 is 23.2 Å². The lowest BCUT2D eigenvalue weighted by Crippen LogP contribution is -2.04. The zero-order chi connectivity index (χ0) is 17.6. The van der Waals surface area contributed by atoms with Crippen LogP contribution in [0.5, 0.6) is 5.75 Å². The van der Waals surface area contributed by atoms with Crippen molar-refractivity contribution in [3.8, 4) is 5.75 Å². The zero-order valence-corrected chi connectivity index (χ0v) is 14.8. The van der Waals surface area contributed by atoms with Crippen molar-refractivity contribution in [3.63, 3.8) is 0 Å². The maximum atomic E-state index is 13.0. The SMILES string of the molecule is Fc1ccc(NCc2cc(Cl)ccc2OCc2ccc(Cl)cc2)cc1. The first kappa shape index (κ1) is 17.6. The molecule has 0 aliphatic heterocycles. The van der Waals surface area contributed by atoms with E-state index in [2.05, 4.69) is 5.32 Å². The lowest BCUT2D eigenvalue weighted by atomic mass is 10.2. The van der Waals surface area contributed by atoms with E-state index in [1.165, 1.54) is 12.1 Å². The van der Waals surface area contributed by atoms with Crippen LogP contribution in [0.2, 0.25) is 10.0 Å². The average Bonchev–Trinajstić information content (AvgIpc) is 2.62. The summed E-state index contributed by atoms with van der Waals surface area (Å²) in [5.41, 5.74) is 2.77. The Kier molecular flexibility index (Phi) is 5.79. The molecule has 0 aromatic heterocycles. The van der Waals surface area contributed by atoms with Crippen LogP contribution in [-0.4, -0.2) is 0 Å². The van der Waals surface area contributed by atoms with Gasteiger partial charge in [0.15, 0.2) is 0 Å². The Balaban J connectivity index is 1.69. The predicted molar refractivity (Wildman–Crippen MR) is 101 cm³/mol. The van der Waals surface area contributed by atoms with Crippen molar-refractivity contribution >= 4 is 28.9 Å². The molecule has 0 spiro atoms. The van der Waals surface area contributed by atoms with Crippen molar-refractivity contribution in [2.24, 2.45) is 0 Å². The van der Waals surface area contributed by atoms with E-state index in [1.807, 2.05) is 36.4 Å². The van der Waals surface area contributed by atoms with Crippen LogP contribution in [0.4, 0.5) is 10.1 Å². The first-order valence-corrected chi connectivity index (χ1v) is 8.51. The summed E-state index contributed by atoms with van der Waals surface area (Å²) in [4.78, 5) is 0. The fourth-order valence-electron chi connectivity index (χ4n) is 2.33. The molecular weight excluding hydrogens is 360 g/mol. The quantitative estimate of drug-likeness (QED) is 0.543. The Morgan fingerprint density at radius 3 is 2.24 bits per heavy atom. The Bertz CT molecular complexity index is 835. The minimum atomic E-state index is -0.264. The van der Waals surface area contributed by atoms with Gasteiger partial charge in [0, 0.05) is 27.8 Å². The van der Waals surface area contributed by atoms with Gasteiger partial charge in [-0.1, -0.05) is 35.3 Å². The number of hydrogen-bond acceptors (Lipinski definition) is 2. The molecule has 3 aromatic rings. The van der Waals surface area contributed by atoms with Gasteiger partial charge in [0.25, 0.3) is 0 Å². The molecule has 5 heteroatoms. The number of benzene rings is 3. The van der Waals surface area contributed by atoms with Gasteiger partial charge in [0.1, 0.15) is 18.2 Å². The normalized spacial score (nSPS) is 10.5. The molecular formula is C20H16Cl2FNO. The molecule has 0 amide bonds. The Labute approximate surface area is 156 Å². The molecule has 0 aliphatic carbocycles. The molecule has 0 unspecified atom stereocenters. The maximum Gasteiger partial charge on any atom is 0.124 e. The molecule has 128 valence electrons. The van der Waals surface area contributed by atoms with Gasteiger partial charge in [-0.05, 0) is 60.2 Å². The van der Waals surface area contributed by atoms with Gasteiger partial charge in [-0.25, -0.2) is 4.39 Å². The lowest BCUT2D eigenvalue weighted by molar-refractivity contribution is 0.303. The minimum absolute atomic E-state index is 0.264. The zero-order valence-electron chi connectivity index (χ0n) is 13.3. The van der Waals surface area contributed by atoms with Gasteiger partial charge < -0.3 is 10.1 Å². The molecule has 0 fully saturated rings. The van der Waals surface area contributed by atoms with E-state index in [1.54, 1.807) is 18.2 Å². The predicted octanol–water partition coefficient (Wildman–Crippen LogP) is 6.32. The van der Waals surface area contributed by atoms with Crippen LogP contribution in [0.1, 0.15) is 11.1 Å². The molecule has 3 rings (SSSR count). The summed E-state index contributed by atoms with van der Waals surface area (Å²) in [7, 11) is 0. The third-order valence-corrected chi connectivity index (χ3v) is 4.14. The highest BCUT2D eigenvalue weighted by molar-refractivity contribution is 6.30. The third kappa shape index (κ3) is 5.12. The molecule has 2 nitrogen and oxygen atoms in total. The highest BCUT2D eigenvalue weighted by atomic mass is 35.5. The summed E-state index contributed by atoms with van der Waals surface area (Å²) in [5, 5.41) is 4.57. The fourth-order valence-corrected chi connectivity index (χ4v) is 2.65. The number of rotatable bonds is 6. The van der Waals surface area contributed by atoms with Crippen LogP contribution in [-0.2, 0) is 13.2 Å². The second-order valence-corrected chi connectivity index (χ2v) is 6.40. The average molecular weight is 376 g/mol. The van der Waals surface area contributed by atoms with E-state index >= 15 is 0 Å². The van der Waals surface area contributed by atoms with Gasteiger partial charge in [-0.2, -0.15) is 0 Å². The largest absolute Gasteiger partial charge is 0.489 e. The summed E-state index contributed by atoms with van der Waals surface area (Å²) in [6.45, 7) is 0.949. The van der Waals surface area contributed by atoms with Crippen LogP contribution in [0, 0.1) is 5.82 Å². The topological polar surface area (TPSA) is 21.3 Å². The molecule has 1 N–H and O–H groups in total. The first-order valence-electron chi connectivity index (χ1n) is 7.75. The molecule has 0 radical (unpaired) electrons. The van der Waals surface area contributed by atoms with E-state index < -0.39 is 0 Å². The Morgan fingerprint density at radius 2 is 1.52 bits per heavy atom. The summed E-state index contributed by atoms with van der Waals surface area (Å²) in [6, 6.07) is 19.2. The minimum Gasteiger partial charge on any atom is -0.489 e. The fraction of sp³-hybridized carbons (Fsp3) is 0.100. The molecule has 0 aliphatic rings. The van der Waals surface area contributed by atoms with Crippen molar-refractivity contribution in [2.75, 3.05) is 5.32 Å². The van der Waals surface area contributed by atoms with Gasteiger partial charge in [-0.15, -0.1) is 0 Å². The number of anilines is 1. The Hall–Kier alpha value is -2.23. The molecule has 0 saturated heterocycles. The standard InChI is InChI=1S/C20H16Cl2FNO/c21-16-3-1-14(2-4-16)13-25-20-10-5-17(22)11-15(20)12-24-19-8-6-18(23)7-9-19/h1-11,24H,12-13H2. The van der Waals surface area contributed by atoms with Crippen molar-refractivity contribution in [1.82, 2.24) is 0 Å². The Morgan fingerprint density at radius 1 is 0.840 bits per heavy atom. The summed E-state index contributed by atoms with van der Waals surface area (Å²) in [6.07, 6.45) is 0. The van der Waals surface area contributed by atoms with Crippen molar-refractivity contribution in [1.29, 1.82) is 0 Å². The monoisotopic (exact) mass is 375 g/mol. The second kappa shape index (κ2) is 8.24. The van der Waals surface area contributed by atoms with Crippen molar-refractivity contribution < 1.29 is 9.13 Å². The van der Waals surface area contributed by atoms with Gasteiger partial charge in [-0.3, -0.25) is 0 Å². The van der Waals surface area contributed by atoms with Crippen LogP contribution in [0.3, 0.4) is 0 Å². The maximum absolute atomic E-state index is 13.0. The number of halogens is 3. The van der Waals surface area contributed by atoms with Crippen LogP contribution < -0.4 is 10.1 Å². The second-order valence-electron chi connectivity index (χ2n) is 5.53. The van der Waals surface area contributed by atoms with E-state index in [0.717, 1.165) is 22.6 Å². The van der Waals surface area contributed by atoms with E-state index in [0.29, 0.717) is 23.2 Å². The smallest absolute Gasteiger partial charge is 0.124 e. The van der Waals surface area contributed by atoms with Crippen molar-refractivity contribution in [3.05, 3.63) is 93.7 Å². The summed E-state index contributed by atoms with van der Waals surface area (Å²) < 4.78 is 18.9. The highest BCUT2D eigenvalue weighted by Crippen LogP contribution is 2.25. The number of hydrogen-bond donors (Lipinski definition) is 1. The molecule has 0 bridgehead atoms. The first-order chi connectivity index (χ1) is 12.1. The van der Waals surface area contributed by atoms with E-state index in [-0.39, 0.29) is 5.82 Å². The molecule has 25 heavy (non-hydrogen) atoms. The van der Waals surface area contributed by atoms with Crippen molar-refractivity contribution in [2.45, 2.75) is 13.2 Å². The lowest BCUT2D eigenvalue weighted by Gasteiger charge is -2.13. The third-order valence-electron chi connectivity index (χ3n) is 3.66. The summed E-state index contributed by atoms with van der Waals surface area (Å²) >= 11 is 12.0. The molecule has 0 heterocycles. The van der Waals surface area contributed by atoms with Crippen LogP contribution in [0.15, 0.2) is 66.7 Å². The van der Waals surface area contributed by atoms with E-state index in [4.69, 9.17) is 27.9 Å².